The molecule has 1 aromatic carbocycles. The van der Waals surface area contributed by atoms with E-state index in [2.05, 4.69) is 21.9 Å². The van der Waals surface area contributed by atoms with Gasteiger partial charge in [0.15, 0.2) is 0 Å². The molecule has 1 aliphatic heterocycles. The molecule has 3 N–H and O–H groups in total. The minimum absolute atomic E-state index is 0. The molecule has 1 fully saturated rings. The van der Waals surface area contributed by atoms with Gasteiger partial charge < -0.3 is 15.8 Å². The molecule has 2 rings (SSSR count). The lowest BCUT2D eigenvalue weighted by Crippen LogP contribution is -2.47. The Labute approximate surface area is 137 Å². The Kier molecular flexibility index (Phi) is 8.38. The van der Waals surface area contributed by atoms with Gasteiger partial charge in [0.1, 0.15) is 0 Å². The van der Waals surface area contributed by atoms with Crippen molar-refractivity contribution in [1.82, 2.24) is 5.32 Å². The zero-order valence-corrected chi connectivity index (χ0v) is 13.5. The molecular weight excluding hydrogens is 311 g/mol. The summed E-state index contributed by atoms with van der Waals surface area (Å²) in [6.45, 7) is 1.82. The summed E-state index contributed by atoms with van der Waals surface area (Å²) >= 11 is 0. The second-order valence-corrected chi connectivity index (χ2v) is 4.73. The molecule has 1 saturated heterocycles. The Morgan fingerprint density at radius 2 is 1.81 bits per heavy atom. The fraction of sp³-hybridized carbons (Fsp3) is 0.400. The predicted molar refractivity (Wildman–Crippen MR) is 88.2 cm³/mol. The number of hydrogen-bond acceptors (Lipinski definition) is 4. The van der Waals surface area contributed by atoms with Gasteiger partial charge in [-0.1, -0.05) is 11.8 Å². The Balaban J connectivity index is 0.00000200. The molecule has 0 bridgehead atoms. The van der Waals surface area contributed by atoms with E-state index in [0.29, 0.717) is 5.56 Å². The molecule has 0 spiro atoms. The summed E-state index contributed by atoms with van der Waals surface area (Å²) < 4.78 is 4.65. The van der Waals surface area contributed by atoms with Crippen LogP contribution in [0.1, 0.15) is 28.8 Å². The molecule has 0 aromatic heterocycles. The second-order valence-electron chi connectivity index (χ2n) is 4.73. The molecule has 21 heavy (non-hydrogen) atoms. The highest BCUT2D eigenvalue weighted by atomic mass is 35.5. The van der Waals surface area contributed by atoms with Crippen molar-refractivity contribution in [3.8, 4) is 11.8 Å². The van der Waals surface area contributed by atoms with E-state index < -0.39 is 5.54 Å². The van der Waals surface area contributed by atoms with E-state index in [4.69, 9.17) is 5.73 Å². The number of piperidine rings is 1. The quantitative estimate of drug-likeness (QED) is 0.608. The van der Waals surface area contributed by atoms with Crippen LogP contribution in [0.4, 0.5) is 0 Å². The van der Waals surface area contributed by atoms with Gasteiger partial charge in [0.2, 0.25) is 0 Å². The first-order valence-corrected chi connectivity index (χ1v) is 6.34. The van der Waals surface area contributed by atoms with Crippen LogP contribution in [-0.4, -0.2) is 31.7 Å². The fourth-order valence-corrected chi connectivity index (χ4v) is 2.00. The van der Waals surface area contributed by atoms with Crippen molar-refractivity contribution < 1.29 is 9.53 Å². The highest BCUT2D eigenvalue weighted by Gasteiger charge is 2.24. The third kappa shape index (κ3) is 5.56. The predicted octanol–water partition coefficient (Wildman–Crippen LogP) is 1.75. The molecule has 0 unspecified atom stereocenters. The van der Waals surface area contributed by atoms with Crippen molar-refractivity contribution >= 4 is 30.8 Å². The van der Waals surface area contributed by atoms with E-state index in [1.807, 2.05) is 12.1 Å². The van der Waals surface area contributed by atoms with Crippen LogP contribution >= 0.6 is 24.8 Å². The third-order valence-corrected chi connectivity index (χ3v) is 3.26. The highest BCUT2D eigenvalue weighted by Crippen LogP contribution is 2.14. The van der Waals surface area contributed by atoms with Gasteiger partial charge in [-0.25, -0.2) is 4.79 Å². The van der Waals surface area contributed by atoms with Crippen molar-refractivity contribution in [3.05, 3.63) is 35.4 Å². The van der Waals surface area contributed by atoms with E-state index in [0.717, 1.165) is 31.5 Å². The molecule has 1 aliphatic rings. The van der Waals surface area contributed by atoms with E-state index in [-0.39, 0.29) is 30.8 Å². The molecule has 0 aliphatic carbocycles. The zero-order chi connectivity index (χ0) is 13.7. The maximum Gasteiger partial charge on any atom is 0.337 e. The van der Waals surface area contributed by atoms with Crippen LogP contribution in [0, 0.1) is 11.8 Å². The number of carbonyl (C=O) groups is 1. The SMILES string of the molecule is COC(=O)c1ccc(C#CC2(N)CCNCC2)cc1.Cl.Cl. The summed E-state index contributed by atoms with van der Waals surface area (Å²) in [5.41, 5.74) is 7.21. The maximum atomic E-state index is 11.3. The fourth-order valence-electron chi connectivity index (χ4n) is 2.00. The molecule has 116 valence electrons. The minimum atomic E-state index is -0.397. The van der Waals surface area contributed by atoms with Crippen molar-refractivity contribution in [1.29, 1.82) is 0 Å². The molecule has 4 nitrogen and oxygen atoms in total. The van der Waals surface area contributed by atoms with Crippen molar-refractivity contribution in [2.24, 2.45) is 5.73 Å². The summed E-state index contributed by atoms with van der Waals surface area (Å²) in [4.78, 5) is 11.3. The van der Waals surface area contributed by atoms with Gasteiger partial charge in [-0.3, -0.25) is 0 Å². The molecule has 0 saturated carbocycles. The molecule has 0 atom stereocenters. The largest absolute Gasteiger partial charge is 0.465 e. The highest BCUT2D eigenvalue weighted by molar-refractivity contribution is 5.89. The van der Waals surface area contributed by atoms with Crippen molar-refractivity contribution in [2.75, 3.05) is 20.2 Å². The number of hydrogen-bond donors (Lipinski definition) is 2. The Morgan fingerprint density at radius 3 is 2.33 bits per heavy atom. The number of methoxy groups -OCH3 is 1. The summed E-state index contributed by atoms with van der Waals surface area (Å²) in [6, 6.07) is 7.04. The molecule has 0 amide bonds. The lowest BCUT2D eigenvalue weighted by atomic mass is 9.90. The lowest BCUT2D eigenvalue weighted by Gasteiger charge is -2.28. The standard InChI is InChI=1S/C15H18N2O2.2ClH/c1-19-14(18)13-4-2-12(3-5-13)6-7-15(16)8-10-17-11-9-15;;/h2-5,17H,8-11,16H2,1H3;2*1H. The zero-order valence-electron chi connectivity index (χ0n) is 11.8. The van der Waals surface area contributed by atoms with Crippen LogP contribution in [0.25, 0.3) is 0 Å². The summed E-state index contributed by atoms with van der Waals surface area (Å²) in [5.74, 6) is 5.89. The number of nitrogens with two attached hydrogens (primary N) is 1. The van der Waals surface area contributed by atoms with Gasteiger partial charge in [0.05, 0.1) is 18.2 Å². The third-order valence-electron chi connectivity index (χ3n) is 3.26. The van der Waals surface area contributed by atoms with Crippen LogP contribution in [0.5, 0.6) is 0 Å². The average molecular weight is 331 g/mol. The van der Waals surface area contributed by atoms with Gasteiger partial charge >= 0.3 is 5.97 Å². The number of rotatable bonds is 1. The smallest absolute Gasteiger partial charge is 0.337 e. The monoisotopic (exact) mass is 330 g/mol. The first kappa shape index (κ1) is 19.8. The molecule has 1 aromatic rings. The van der Waals surface area contributed by atoms with Gasteiger partial charge in [-0.15, -0.1) is 24.8 Å². The van der Waals surface area contributed by atoms with Crippen LogP contribution in [0.15, 0.2) is 24.3 Å². The molecule has 1 heterocycles. The van der Waals surface area contributed by atoms with Crippen LogP contribution in [0.2, 0.25) is 0 Å². The number of esters is 1. The molecular formula is C15H20Cl2N2O2. The van der Waals surface area contributed by atoms with E-state index >= 15 is 0 Å². The van der Waals surface area contributed by atoms with Crippen LogP contribution in [0.3, 0.4) is 0 Å². The molecule has 0 radical (unpaired) electrons. The Bertz CT molecular complexity index is 515. The topological polar surface area (TPSA) is 64.3 Å². The van der Waals surface area contributed by atoms with Crippen molar-refractivity contribution in [3.63, 3.8) is 0 Å². The lowest BCUT2D eigenvalue weighted by molar-refractivity contribution is 0.0600. The van der Waals surface area contributed by atoms with Crippen LogP contribution in [-0.2, 0) is 4.74 Å². The minimum Gasteiger partial charge on any atom is -0.465 e. The summed E-state index contributed by atoms with van der Waals surface area (Å²) in [6.07, 6.45) is 1.72. The van der Waals surface area contributed by atoms with E-state index in [1.165, 1.54) is 7.11 Å². The first-order chi connectivity index (χ1) is 9.13. The van der Waals surface area contributed by atoms with E-state index in [9.17, 15) is 4.79 Å². The maximum absolute atomic E-state index is 11.3. The number of ether oxygens (including phenoxy) is 1. The van der Waals surface area contributed by atoms with Crippen LogP contribution < -0.4 is 11.1 Å². The number of halogens is 2. The van der Waals surface area contributed by atoms with Gasteiger partial charge in [-0.2, -0.15) is 0 Å². The Hall–Kier alpha value is -1.25. The number of carbonyl (C=O) groups excluding carboxylic acids is 1. The van der Waals surface area contributed by atoms with Gasteiger partial charge in [0.25, 0.3) is 0 Å². The normalized spacial score (nSPS) is 15.5. The Morgan fingerprint density at radius 1 is 1.24 bits per heavy atom. The van der Waals surface area contributed by atoms with Gasteiger partial charge in [0, 0.05) is 5.56 Å². The van der Waals surface area contributed by atoms with Gasteiger partial charge in [-0.05, 0) is 50.2 Å². The first-order valence-electron chi connectivity index (χ1n) is 6.34. The average Bonchev–Trinajstić information content (AvgIpc) is 2.46. The second kappa shape index (κ2) is 8.91. The van der Waals surface area contributed by atoms with Crippen molar-refractivity contribution in [2.45, 2.75) is 18.4 Å². The molecule has 6 heteroatoms. The summed E-state index contributed by atoms with van der Waals surface area (Å²) in [7, 11) is 1.37. The van der Waals surface area contributed by atoms with E-state index in [1.54, 1.807) is 12.1 Å². The number of nitrogens with one attached hydrogen (secondary N) is 1. The number of benzene rings is 1. The summed E-state index contributed by atoms with van der Waals surface area (Å²) in [5, 5.41) is 3.27.